The van der Waals surface area contributed by atoms with Crippen molar-refractivity contribution in [3.05, 3.63) is 29.1 Å². The van der Waals surface area contributed by atoms with Crippen LogP contribution in [0.1, 0.15) is 29.8 Å². The number of H-pyrrole nitrogens is 1. The van der Waals surface area contributed by atoms with E-state index in [1.54, 1.807) is 0 Å². The van der Waals surface area contributed by atoms with E-state index >= 15 is 0 Å². The fraction of sp³-hybridized carbons (Fsp3) is 0.500. The third-order valence-electron chi connectivity index (χ3n) is 3.63. The van der Waals surface area contributed by atoms with E-state index in [2.05, 4.69) is 35.9 Å². The standard InChI is InChI=1S/C14H19N3/c1-8-5-9(2)14-12(6-8)16-13(17-14)7-11(15)10-3-4-10/h5-6,10-11H,3-4,7,15H2,1-2H3,(H,16,17). The van der Waals surface area contributed by atoms with E-state index in [1.807, 2.05) is 0 Å². The van der Waals surface area contributed by atoms with E-state index in [0.29, 0.717) is 0 Å². The topological polar surface area (TPSA) is 54.7 Å². The maximum absolute atomic E-state index is 6.14. The largest absolute Gasteiger partial charge is 0.342 e. The number of rotatable bonds is 3. The van der Waals surface area contributed by atoms with E-state index in [0.717, 1.165) is 29.2 Å². The van der Waals surface area contributed by atoms with Gasteiger partial charge in [-0.15, -0.1) is 0 Å². The van der Waals surface area contributed by atoms with Crippen molar-refractivity contribution >= 4 is 11.0 Å². The zero-order valence-corrected chi connectivity index (χ0v) is 10.5. The second-order valence-corrected chi connectivity index (χ2v) is 5.37. The Bertz CT molecular complexity index is 552. The number of nitrogens with one attached hydrogen (secondary N) is 1. The molecule has 1 unspecified atom stereocenters. The number of aromatic amines is 1. The van der Waals surface area contributed by atoms with Gasteiger partial charge < -0.3 is 10.7 Å². The smallest absolute Gasteiger partial charge is 0.108 e. The van der Waals surface area contributed by atoms with Gasteiger partial charge in [0.2, 0.25) is 0 Å². The van der Waals surface area contributed by atoms with Gasteiger partial charge in [0.05, 0.1) is 11.0 Å². The summed E-state index contributed by atoms with van der Waals surface area (Å²) < 4.78 is 0. The minimum absolute atomic E-state index is 0.275. The van der Waals surface area contributed by atoms with Gasteiger partial charge in [-0.2, -0.15) is 0 Å². The predicted molar refractivity (Wildman–Crippen MR) is 70.0 cm³/mol. The van der Waals surface area contributed by atoms with Crippen LogP contribution in [-0.2, 0) is 6.42 Å². The Morgan fingerprint density at radius 2 is 2.18 bits per heavy atom. The van der Waals surface area contributed by atoms with Gasteiger partial charge in [-0.05, 0) is 49.8 Å². The summed E-state index contributed by atoms with van der Waals surface area (Å²) in [5.74, 6) is 1.76. The highest BCUT2D eigenvalue weighted by Gasteiger charge is 2.29. The maximum Gasteiger partial charge on any atom is 0.108 e. The van der Waals surface area contributed by atoms with Gasteiger partial charge in [0.1, 0.15) is 5.82 Å². The van der Waals surface area contributed by atoms with Crippen molar-refractivity contribution in [1.82, 2.24) is 9.97 Å². The molecule has 1 heterocycles. The first-order chi connectivity index (χ1) is 8.13. The molecule has 1 saturated carbocycles. The zero-order chi connectivity index (χ0) is 12.0. The van der Waals surface area contributed by atoms with Crippen LogP contribution in [0.5, 0.6) is 0 Å². The van der Waals surface area contributed by atoms with Crippen molar-refractivity contribution in [2.24, 2.45) is 11.7 Å². The molecule has 1 aliphatic rings. The number of aromatic nitrogens is 2. The van der Waals surface area contributed by atoms with Gasteiger partial charge in [-0.1, -0.05) is 6.07 Å². The average molecular weight is 229 g/mol. The zero-order valence-electron chi connectivity index (χ0n) is 10.5. The third-order valence-corrected chi connectivity index (χ3v) is 3.63. The Hall–Kier alpha value is -1.35. The summed E-state index contributed by atoms with van der Waals surface area (Å²) in [5, 5.41) is 0. The Kier molecular flexibility index (Phi) is 2.44. The molecule has 0 bridgehead atoms. The summed E-state index contributed by atoms with van der Waals surface area (Å²) in [5.41, 5.74) is 10.9. The van der Waals surface area contributed by atoms with E-state index < -0.39 is 0 Å². The number of fused-ring (bicyclic) bond motifs is 1. The van der Waals surface area contributed by atoms with Gasteiger partial charge in [0.15, 0.2) is 0 Å². The van der Waals surface area contributed by atoms with E-state index in [-0.39, 0.29) is 6.04 Å². The molecule has 3 heteroatoms. The molecular weight excluding hydrogens is 210 g/mol. The molecule has 0 spiro atoms. The Balaban J connectivity index is 1.92. The molecule has 90 valence electrons. The van der Waals surface area contributed by atoms with Crippen LogP contribution in [0.3, 0.4) is 0 Å². The minimum Gasteiger partial charge on any atom is -0.342 e. The van der Waals surface area contributed by atoms with Crippen LogP contribution < -0.4 is 5.73 Å². The summed E-state index contributed by atoms with van der Waals surface area (Å²) in [6.07, 6.45) is 3.46. The lowest BCUT2D eigenvalue weighted by molar-refractivity contribution is 0.579. The molecule has 3 N–H and O–H groups in total. The highest BCUT2D eigenvalue weighted by molar-refractivity contribution is 5.79. The van der Waals surface area contributed by atoms with Crippen LogP contribution >= 0.6 is 0 Å². The SMILES string of the molecule is Cc1cc(C)c2nc(CC(N)C3CC3)[nH]c2c1. The van der Waals surface area contributed by atoms with Crippen molar-refractivity contribution in [2.75, 3.05) is 0 Å². The summed E-state index contributed by atoms with van der Waals surface area (Å²) in [4.78, 5) is 8.07. The van der Waals surface area contributed by atoms with Gasteiger partial charge in [-0.25, -0.2) is 4.98 Å². The molecule has 0 saturated heterocycles. The van der Waals surface area contributed by atoms with Crippen LogP contribution in [0.4, 0.5) is 0 Å². The molecule has 1 aromatic heterocycles. The highest BCUT2D eigenvalue weighted by Crippen LogP contribution is 2.32. The van der Waals surface area contributed by atoms with Crippen molar-refractivity contribution in [2.45, 2.75) is 39.2 Å². The highest BCUT2D eigenvalue weighted by atomic mass is 14.9. The molecule has 1 aliphatic carbocycles. The predicted octanol–water partition coefficient (Wildman–Crippen LogP) is 2.46. The fourth-order valence-corrected chi connectivity index (χ4v) is 2.53. The average Bonchev–Trinajstić information content (AvgIpc) is 3.01. The monoisotopic (exact) mass is 229 g/mol. The Labute approximate surface area is 101 Å². The molecule has 17 heavy (non-hydrogen) atoms. The first-order valence-corrected chi connectivity index (χ1v) is 6.35. The number of imidazole rings is 1. The van der Waals surface area contributed by atoms with Gasteiger partial charge in [0, 0.05) is 12.5 Å². The van der Waals surface area contributed by atoms with Crippen molar-refractivity contribution in [1.29, 1.82) is 0 Å². The third kappa shape index (κ3) is 2.07. The molecule has 0 amide bonds. The van der Waals surface area contributed by atoms with Crippen molar-refractivity contribution in [3.8, 4) is 0 Å². The fourth-order valence-electron chi connectivity index (χ4n) is 2.53. The number of hydrogen-bond acceptors (Lipinski definition) is 2. The lowest BCUT2D eigenvalue weighted by Gasteiger charge is -2.06. The lowest BCUT2D eigenvalue weighted by Crippen LogP contribution is -2.25. The first kappa shape index (κ1) is 10.8. The summed E-state index contributed by atoms with van der Waals surface area (Å²) in [7, 11) is 0. The van der Waals surface area contributed by atoms with Gasteiger partial charge in [-0.3, -0.25) is 0 Å². The first-order valence-electron chi connectivity index (χ1n) is 6.35. The van der Waals surface area contributed by atoms with Gasteiger partial charge >= 0.3 is 0 Å². The quantitative estimate of drug-likeness (QED) is 0.849. The number of hydrogen-bond donors (Lipinski definition) is 2. The minimum atomic E-state index is 0.275. The number of aryl methyl sites for hydroxylation is 2. The molecule has 0 aliphatic heterocycles. The number of nitrogens with two attached hydrogens (primary N) is 1. The van der Waals surface area contributed by atoms with E-state index in [1.165, 1.54) is 24.0 Å². The summed E-state index contributed by atoms with van der Waals surface area (Å²) in [6.45, 7) is 4.23. The van der Waals surface area contributed by atoms with E-state index in [9.17, 15) is 0 Å². The van der Waals surface area contributed by atoms with Gasteiger partial charge in [0.25, 0.3) is 0 Å². The number of benzene rings is 1. The van der Waals surface area contributed by atoms with Crippen molar-refractivity contribution < 1.29 is 0 Å². The van der Waals surface area contributed by atoms with Crippen LogP contribution in [0.2, 0.25) is 0 Å². The van der Waals surface area contributed by atoms with E-state index in [4.69, 9.17) is 5.73 Å². The molecule has 0 radical (unpaired) electrons. The second-order valence-electron chi connectivity index (χ2n) is 5.37. The second kappa shape index (κ2) is 3.84. The maximum atomic E-state index is 6.14. The Morgan fingerprint density at radius 3 is 2.88 bits per heavy atom. The Morgan fingerprint density at radius 1 is 1.41 bits per heavy atom. The molecule has 1 atom stereocenters. The molecule has 3 rings (SSSR count). The number of nitrogens with zero attached hydrogens (tertiary/aromatic N) is 1. The van der Waals surface area contributed by atoms with Crippen LogP contribution in [0.25, 0.3) is 11.0 Å². The molecule has 1 fully saturated rings. The normalized spacial score (nSPS) is 17.6. The lowest BCUT2D eigenvalue weighted by atomic mass is 10.1. The van der Waals surface area contributed by atoms with Crippen LogP contribution in [0.15, 0.2) is 12.1 Å². The van der Waals surface area contributed by atoms with Crippen molar-refractivity contribution in [3.63, 3.8) is 0 Å². The molecular formula is C14H19N3. The molecule has 3 nitrogen and oxygen atoms in total. The molecule has 2 aromatic rings. The van der Waals surface area contributed by atoms with Crippen LogP contribution in [-0.4, -0.2) is 16.0 Å². The summed E-state index contributed by atoms with van der Waals surface area (Å²) >= 11 is 0. The molecule has 1 aromatic carbocycles. The van der Waals surface area contributed by atoms with Crippen LogP contribution in [0, 0.1) is 19.8 Å². The summed E-state index contributed by atoms with van der Waals surface area (Å²) in [6, 6.07) is 4.60.